The van der Waals surface area contributed by atoms with Crippen molar-refractivity contribution in [3.05, 3.63) is 34.4 Å². The lowest BCUT2D eigenvalue weighted by molar-refractivity contribution is 0.129. The largest absolute Gasteiger partial charge is 0.361 e. The fraction of sp³-hybridized carbons (Fsp3) is 0.529. The van der Waals surface area contributed by atoms with E-state index in [0.717, 1.165) is 30.7 Å². The first-order valence-corrected chi connectivity index (χ1v) is 8.71. The van der Waals surface area contributed by atoms with Crippen LogP contribution in [0.4, 0.5) is 0 Å². The predicted molar refractivity (Wildman–Crippen MR) is 107 cm³/mol. The lowest BCUT2D eigenvalue weighted by Crippen LogP contribution is -2.46. The van der Waals surface area contributed by atoms with Crippen LogP contribution in [0.25, 0.3) is 10.9 Å². The van der Waals surface area contributed by atoms with Gasteiger partial charge in [-0.2, -0.15) is 0 Å². The molecular formula is C17H26BrCl2N3. The van der Waals surface area contributed by atoms with Gasteiger partial charge in [0.05, 0.1) is 0 Å². The van der Waals surface area contributed by atoms with Crippen LogP contribution in [0.5, 0.6) is 0 Å². The Labute approximate surface area is 159 Å². The monoisotopic (exact) mass is 421 g/mol. The number of rotatable bonds is 4. The van der Waals surface area contributed by atoms with Gasteiger partial charge in [0.1, 0.15) is 0 Å². The zero-order valence-corrected chi connectivity index (χ0v) is 16.9. The van der Waals surface area contributed by atoms with Crippen molar-refractivity contribution in [2.24, 2.45) is 5.92 Å². The first-order valence-electron chi connectivity index (χ1n) is 7.92. The molecule has 0 radical (unpaired) electrons. The lowest BCUT2D eigenvalue weighted by Gasteiger charge is -2.38. The third-order valence-electron chi connectivity index (χ3n) is 4.72. The predicted octanol–water partition coefficient (Wildman–Crippen LogP) is 4.77. The van der Waals surface area contributed by atoms with Crippen LogP contribution in [-0.2, 0) is 0 Å². The number of halogens is 3. The molecule has 1 fully saturated rings. The summed E-state index contributed by atoms with van der Waals surface area (Å²) in [5.74, 6) is 0.654. The highest BCUT2D eigenvalue weighted by Crippen LogP contribution is 2.36. The topological polar surface area (TPSA) is 31.1 Å². The minimum atomic E-state index is 0. The van der Waals surface area contributed by atoms with Gasteiger partial charge in [-0.15, -0.1) is 24.8 Å². The van der Waals surface area contributed by atoms with Gasteiger partial charge in [0.2, 0.25) is 0 Å². The highest BCUT2D eigenvalue weighted by Gasteiger charge is 2.28. The van der Waals surface area contributed by atoms with Gasteiger partial charge >= 0.3 is 0 Å². The maximum atomic E-state index is 3.61. The minimum absolute atomic E-state index is 0. The quantitative estimate of drug-likeness (QED) is 0.743. The maximum absolute atomic E-state index is 3.61. The molecule has 0 saturated carbocycles. The Hall–Kier alpha value is -0.260. The summed E-state index contributed by atoms with van der Waals surface area (Å²) in [6.07, 6.45) is 3.42. The Kier molecular flexibility index (Phi) is 8.39. The first-order chi connectivity index (χ1) is 10.2. The zero-order chi connectivity index (χ0) is 14.8. The second kappa shape index (κ2) is 9.28. The normalized spacial score (nSPS) is 18.0. The molecule has 0 amide bonds. The number of nitrogens with one attached hydrogen (secondary N) is 2. The molecule has 3 nitrogen and oxygen atoms in total. The third kappa shape index (κ3) is 4.43. The van der Waals surface area contributed by atoms with Crippen LogP contribution in [-0.4, -0.2) is 36.1 Å². The molecule has 130 valence electrons. The summed E-state index contributed by atoms with van der Waals surface area (Å²) in [7, 11) is 0. The molecule has 0 spiro atoms. The fourth-order valence-electron chi connectivity index (χ4n) is 3.41. The van der Waals surface area contributed by atoms with Crippen molar-refractivity contribution in [1.82, 2.24) is 15.2 Å². The first kappa shape index (κ1) is 20.8. The maximum Gasteiger partial charge on any atom is 0.0458 e. The Morgan fingerprint density at radius 1 is 1.22 bits per heavy atom. The van der Waals surface area contributed by atoms with E-state index in [2.05, 4.69) is 69.4 Å². The van der Waals surface area contributed by atoms with E-state index < -0.39 is 0 Å². The molecule has 1 saturated heterocycles. The molecule has 2 atom stereocenters. The van der Waals surface area contributed by atoms with E-state index in [4.69, 9.17) is 0 Å². The highest BCUT2D eigenvalue weighted by atomic mass is 79.9. The Bertz CT molecular complexity index is 611. The van der Waals surface area contributed by atoms with E-state index >= 15 is 0 Å². The van der Waals surface area contributed by atoms with Gasteiger partial charge in [-0.25, -0.2) is 0 Å². The number of piperazine rings is 1. The number of hydrogen-bond acceptors (Lipinski definition) is 2. The summed E-state index contributed by atoms with van der Waals surface area (Å²) in [5, 5.41) is 4.82. The van der Waals surface area contributed by atoms with Crippen LogP contribution in [0, 0.1) is 5.92 Å². The van der Waals surface area contributed by atoms with E-state index in [1.807, 2.05) is 0 Å². The number of fused-ring (bicyclic) bond motifs is 1. The number of benzene rings is 1. The molecule has 2 heterocycles. The van der Waals surface area contributed by atoms with Crippen LogP contribution in [0.2, 0.25) is 0 Å². The molecule has 0 aliphatic carbocycles. The summed E-state index contributed by atoms with van der Waals surface area (Å²) in [6.45, 7) is 9.14. The van der Waals surface area contributed by atoms with Crippen molar-refractivity contribution in [1.29, 1.82) is 0 Å². The number of H-pyrrole nitrogens is 1. The van der Waals surface area contributed by atoms with Crippen molar-refractivity contribution >= 4 is 51.6 Å². The molecule has 1 aliphatic heterocycles. The van der Waals surface area contributed by atoms with Gasteiger partial charge in [0.15, 0.2) is 0 Å². The molecule has 6 heteroatoms. The van der Waals surface area contributed by atoms with Gasteiger partial charge in [-0.05, 0) is 29.7 Å². The lowest BCUT2D eigenvalue weighted by atomic mass is 9.90. The van der Waals surface area contributed by atoms with Crippen molar-refractivity contribution < 1.29 is 0 Å². The number of aromatic nitrogens is 1. The Balaban J connectivity index is 0.00000132. The van der Waals surface area contributed by atoms with E-state index in [1.165, 1.54) is 22.9 Å². The van der Waals surface area contributed by atoms with Crippen LogP contribution in [0.15, 0.2) is 28.9 Å². The summed E-state index contributed by atoms with van der Waals surface area (Å²) in [4.78, 5) is 6.10. The van der Waals surface area contributed by atoms with Gasteiger partial charge in [-0.3, -0.25) is 4.90 Å². The summed E-state index contributed by atoms with van der Waals surface area (Å²) < 4.78 is 1.15. The zero-order valence-electron chi connectivity index (χ0n) is 13.6. The van der Waals surface area contributed by atoms with Crippen LogP contribution in [0.3, 0.4) is 0 Å². The van der Waals surface area contributed by atoms with E-state index in [9.17, 15) is 0 Å². The minimum Gasteiger partial charge on any atom is -0.361 e. The van der Waals surface area contributed by atoms with Gasteiger partial charge < -0.3 is 10.3 Å². The van der Waals surface area contributed by atoms with Crippen molar-refractivity contribution in [2.75, 3.05) is 26.2 Å². The summed E-state index contributed by atoms with van der Waals surface area (Å²) >= 11 is 3.61. The number of aromatic amines is 1. The molecule has 1 aromatic carbocycles. The van der Waals surface area contributed by atoms with Gasteiger partial charge in [0, 0.05) is 53.8 Å². The molecule has 0 bridgehead atoms. The fourth-order valence-corrected chi connectivity index (χ4v) is 3.77. The molecular weight excluding hydrogens is 397 g/mol. The Morgan fingerprint density at radius 2 is 1.91 bits per heavy atom. The van der Waals surface area contributed by atoms with E-state index in [1.54, 1.807) is 0 Å². The summed E-state index contributed by atoms with van der Waals surface area (Å²) in [6, 6.07) is 7.01. The van der Waals surface area contributed by atoms with Gasteiger partial charge in [0.25, 0.3) is 0 Å². The smallest absolute Gasteiger partial charge is 0.0458 e. The van der Waals surface area contributed by atoms with Crippen LogP contribution >= 0.6 is 40.7 Å². The van der Waals surface area contributed by atoms with E-state index in [0.29, 0.717) is 12.0 Å². The molecule has 1 aromatic heterocycles. The van der Waals surface area contributed by atoms with Crippen molar-refractivity contribution in [3.8, 4) is 0 Å². The molecule has 23 heavy (non-hydrogen) atoms. The molecule has 1 unspecified atom stereocenters. The van der Waals surface area contributed by atoms with Crippen LogP contribution in [0.1, 0.15) is 31.9 Å². The highest BCUT2D eigenvalue weighted by molar-refractivity contribution is 9.10. The number of hydrogen-bond donors (Lipinski definition) is 2. The number of nitrogens with zero attached hydrogens (tertiary/aromatic N) is 1. The SMILES string of the molecule is CCC(C)[C@@H](c1c[nH]c2ccc(Br)cc12)N1CCNCC1.Cl.Cl. The molecule has 2 aromatic rings. The third-order valence-corrected chi connectivity index (χ3v) is 5.22. The average molecular weight is 423 g/mol. The average Bonchev–Trinajstić information content (AvgIpc) is 2.91. The Morgan fingerprint density at radius 3 is 2.57 bits per heavy atom. The standard InChI is InChI=1S/C17H24BrN3.2ClH/c1-3-12(2)17(21-8-6-19-7-9-21)15-11-20-16-5-4-13(18)10-14(15)16;;/h4-5,10-12,17,19-20H,3,6-9H2,1-2H3;2*1H/t12?,17-;;/m0../s1. The van der Waals surface area contributed by atoms with Crippen molar-refractivity contribution in [3.63, 3.8) is 0 Å². The molecule has 1 aliphatic rings. The summed E-state index contributed by atoms with van der Waals surface area (Å²) in [5.41, 5.74) is 2.68. The van der Waals surface area contributed by atoms with E-state index in [-0.39, 0.29) is 24.8 Å². The second-order valence-corrected chi connectivity index (χ2v) is 6.97. The second-order valence-electron chi connectivity index (χ2n) is 6.05. The molecule has 2 N–H and O–H groups in total. The van der Waals surface area contributed by atoms with Crippen LogP contribution < -0.4 is 5.32 Å². The molecule has 3 rings (SSSR count). The van der Waals surface area contributed by atoms with Crippen molar-refractivity contribution in [2.45, 2.75) is 26.3 Å². The van der Waals surface area contributed by atoms with Gasteiger partial charge in [-0.1, -0.05) is 36.2 Å².